The van der Waals surface area contributed by atoms with E-state index in [2.05, 4.69) is 29.1 Å². The number of hydrogen-bond acceptors (Lipinski definition) is 3. The lowest BCUT2D eigenvalue weighted by atomic mass is 9.92. The Morgan fingerprint density at radius 3 is 2.82 bits per heavy atom. The van der Waals surface area contributed by atoms with Crippen LogP contribution in [-0.4, -0.2) is 61.5 Å². The summed E-state index contributed by atoms with van der Waals surface area (Å²) in [6, 6.07) is 0.493. The maximum atomic E-state index is 12.4. The largest absolute Gasteiger partial charge is 0.341 e. The number of carbonyl (C=O) groups excluding carboxylic acids is 1. The molecule has 1 amide bonds. The Labute approximate surface area is 104 Å². The molecule has 0 spiro atoms. The fraction of sp³-hybridized carbons (Fsp3) is 0.923. The van der Waals surface area contributed by atoms with E-state index in [4.69, 9.17) is 0 Å². The van der Waals surface area contributed by atoms with Crippen LogP contribution in [0.5, 0.6) is 0 Å². The minimum absolute atomic E-state index is 0.259. The number of hydrogen-bond donors (Lipinski definition) is 1. The highest BCUT2D eigenvalue weighted by Gasteiger charge is 2.29. The second-order valence-corrected chi connectivity index (χ2v) is 5.56. The van der Waals surface area contributed by atoms with E-state index in [0.29, 0.717) is 11.9 Å². The van der Waals surface area contributed by atoms with E-state index in [1.54, 1.807) is 0 Å². The molecule has 0 radical (unpaired) electrons. The van der Waals surface area contributed by atoms with Crippen LogP contribution in [0.25, 0.3) is 0 Å². The molecule has 0 saturated carbocycles. The molecule has 0 aromatic carbocycles. The molecule has 2 unspecified atom stereocenters. The van der Waals surface area contributed by atoms with Crippen LogP contribution in [0.2, 0.25) is 0 Å². The summed E-state index contributed by atoms with van der Waals surface area (Å²) in [4.78, 5) is 16.8. The number of nitrogens with zero attached hydrogens (tertiary/aromatic N) is 2. The van der Waals surface area contributed by atoms with Crippen LogP contribution >= 0.6 is 0 Å². The predicted octanol–water partition coefficient (Wildman–Crippen LogP) is 0.539. The van der Waals surface area contributed by atoms with Crippen molar-refractivity contribution in [2.24, 2.45) is 5.92 Å². The summed E-state index contributed by atoms with van der Waals surface area (Å²) >= 11 is 0. The molecule has 2 aliphatic heterocycles. The van der Waals surface area contributed by atoms with Gasteiger partial charge in [-0.15, -0.1) is 0 Å². The Morgan fingerprint density at radius 2 is 2.06 bits per heavy atom. The molecule has 0 bridgehead atoms. The van der Waals surface area contributed by atoms with Crippen molar-refractivity contribution in [3.63, 3.8) is 0 Å². The standard InChI is InChI=1S/C13H25N3O/c1-11-10-12(4-5-14-11)13(17)16-7-3-6-15(2)8-9-16/h11-12,14H,3-10H2,1-2H3. The third kappa shape index (κ3) is 3.42. The van der Waals surface area contributed by atoms with Gasteiger partial charge in [0, 0.05) is 31.6 Å². The van der Waals surface area contributed by atoms with Crippen LogP contribution in [-0.2, 0) is 4.79 Å². The molecule has 2 heterocycles. The van der Waals surface area contributed by atoms with Crippen LogP contribution in [0.3, 0.4) is 0 Å². The molecule has 98 valence electrons. The van der Waals surface area contributed by atoms with E-state index in [-0.39, 0.29) is 5.92 Å². The number of amides is 1. The number of piperidine rings is 1. The molecule has 2 rings (SSSR count). The summed E-state index contributed by atoms with van der Waals surface area (Å²) in [5.74, 6) is 0.656. The molecular formula is C13H25N3O. The van der Waals surface area contributed by atoms with Gasteiger partial charge in [-0.25, -0.2) is 0 Å². The first-order valence-electron chi connectivity index (χ1n) is 6.87. The first-order chi connectivity index (χ1) is 8.16. The number of carbonyl (C=O) groups is 1. The topological polar surface area (TPSA) is 35.6 Å². The van der Waals surface area contributed by atoms with Gasteiger partial charge in [0.25, 0.3) is 0 Å². The monoisotopic (exact) mass is 239 g/mol. The summed E-state index contributed by atoms with van der Waals surface area (Å²) in [7, 11) is 2.14. The Balaban J connectivity index is 1.89. The molecule has 2 saturated heterocycles. The molecule has 0 aromatic heterocycles. The lowest BCUT2D eigenvalue weighted by Crippen LogP contribution is -2.45. The quantitative estimate of drug-likeness (QED) is 0.725. The minimum Gasteiger partial charge on any atom is -0.341 e. The Hall–Kier alpha value is -0.610. The lowest BCUT2D eigenvalue weighted by Gasteiger charge is -2.31. The first kappa shape index (κ1) is 12.8. The Morgan fingerprint density at radius 1 is 1.24 bits per heavy atom. The van der Waals surface area contributed by atoms with Crippen molar-refractivity contribution >= 4 is 5.91 Å². The summed E-state index contributed by atoms with van der Waals surface area (Å²) in [6.07, 6.45) is 3.13. The van der Waals surface area contributed by atoms with Gasteiger partial charge in [-0.05, 0) is 46.3 Å². The van der Waals surface area contributed by atoms with Gasteiger partial charge in [0.2, 0.25) is 5.91 Å². The van der Waals surface area contributed by atoms with Crippen molar-refractivity contribution in [1.82, 2.24) is 15.1 Å². The predicted molar refractivity (Wildman–Crippen MR) is 68.9 cm³/mol. The summed E-state index contributed by atoms with van der Waals surface area (Å²) in [5, 5.41) is 3.41. The smallest absolute Gasteiger partial charge is 0.225 e. The van der Waals surface area contributed by atoms with Crippen molar-refractivity contribution < 1.29 is 4.79 Å². The Bertz CT molecular complexity index is 269. The molecule has 17 heavy (non-hydrogen) atoms. The van der Waals surface area contributed by atoms with Crippen molar-refractivity contribution in [3.8, 4) is 0 Å². The van der Waals surface area contributed by atoms with Crippen LogP contribution in [0, 0.1) is 5.92 Å². The molecule has 0 aliphatic carbocycles. The molecular weight excluding hydrogens is 214 g/mol. The van der Waals surface area contributed by atoms with Gasteiger partial charge in [0.15, 0.2) is 0 Å². The van der Waals surface area contributed by atoms with Gasteiger partial charge in [-0.3, -0.25) is 4.79 Å². The normalized spacial score (nSPS) is 32.2. The van der Waals surface area contributed by atoms with Crippen molar-refractivity contribution in [2.45, 2.75) is 32.2 Å². The third-order valence-corrected chi connectivity index (χ3v) is 4.00. The molecule has 2 atom stereocenters. The SMILES string of the molecule is CC1CC(C(=O)N2CCCN(C)CC2)CCN1. The number of nitrogens with one attached hydrogen (secondary N) is 1. The van der Waals surface area contributed by atoms with Gasteiger partial charge in [0.1, 0.15) is 0 Å². The van der Waals surface area contributed by atoms with E-state index in [1.807, 2.05) is 0 Å². The van der Waals surface area contributed by atoms with E-state index >= 15 is 0 Å². The zero-order valence-corrected chi connectivity index (χ0v) is 11.1. The lowest BCUT2D eigenvalue weighted by molar-refractivity contribution is -0.136. The highest BCUT2D eigenvalue weighted by atomic mass is 16.2. The summed E-state index contributed by atoms with van der Waals surface area (Å²) in [6.45, 7) is 7.16. The molecule has 4 nitrogen and oxygen atoms in total. The Kier molecular flexibility index (Phi) is 4.40. The van der Waals surface area contributed by atoms with E-state index in [0.717, 1.165) is 52.0 Å². The second-order valence-electron chi connectivity index (χ2n) is 5.56. The van der Waals surface area contributed by atoms with Gasteiger partial charge < -0.3 is 15.1 Å². The molecule has 2 aliphatic rings. The van der Waals surface area contributed by atoms with Gasteiger partial charge in [-0.2, -0.15) is 0 Å². The summed E-state index contributed by atoms with van der Waals surface area (Å²) in [5.41, 5.74) is 0. The average Bonchev–Trinajstić information content (AvgIpc) is 2.53. The maximum absolute atomic E-state index is 12.4. The van der Waals surface area contributed by atoms with Gasteiger partial charge >= 0.3 is 0 Å². The van der Waals surface area contributed by atoms with Crippen LogP contribution in [0.15, 0.2) is 0 Å². The fourth-order valence-corrected chi connectivity index (χ4v) is 2.88. The summed E-state index contributed by atoms with van der Waals surface area (Å²) < 4.78 is 0. The van der Waals surface area contributed by atoms with Gasteiger partial charge in [-0.1, -0.05) is 0 Å². The number of rotatable bonds is 1. The van der Waals surface area contributed by atoms with Crippen molar-refractivity contribution in [2.75, 3.05) is 39.8 Å². The maximum Gasteiger partial charge on any atom is 0.225 e. The molecule has 4 heteroatoms. The third-order valence-electron chi connectivity index (χ3n) is 4.00. The number of likely N-dealkylation sites (N-methyl/N-ethyl adjacent to an activating group) is 1. The second kappa shape index (κ2) is 5.83. The van der Waals surface area contributed by atoms with Crippen LogP contribution in [0.4, 0.5) is 0 Å². The molecule has 0 aromatic rings. The highest BCUT2D eigenvalue weighted by molar-refractivity contribution is 5.79. The molecule has 1 N–H and O–H groups in total. The fourth-order valence-electron chi connectivity index (χ4n) is 2.88. The van der Waals surface area contributed by atoms with Crippen molar-refractivity contribution in [3.05, 3.63) is 0 Å². The zero-order valence-electron chi connectivity index (χ0n) is 11.1. The van der Waals surface area contributed by atoms with Gasteiger partial charge in [0.05, 0.1) is 0 Å². The van der Waals surface area contributed by atoms with E-state index in [9.17, 15) is 4.79 Å². The first-order valence-corrected chi connectivity index (χ1v) is 6.87. The minimum atomic E-state index is 0.259. The van der Waals surface area contributed by atoms with Crippen LogP contribution < -0.4 is 5.32 Å². The van der Waals surface area contributed by atoms with E-state index in [1.165, 1.54) is 0 Å². The highest BCUT2D eigenvalue weighted by Crippen LogP contribution is 2.19. The zero-order chi connectivity index (χ0) is 12.3. The molecule has 2 fully saturated rings. The van der Waals surface area contributed by atoms with E-state index < -0.39 is 0 Å². The van der Waals surface area contributed by atoms with Crippen LogP contribution in [0.1, 0.15) is 26.2 Å². The van der Waals surface area contributed by atoms with Crippen molar-refractivity contribution in [1.29, 1.82) is 0 Å². The average molecular weight is 239 g/mol.